The van der Waals surface area contributed by atoms with Gasteiger partial charge in [0.1, 0.15) is 11.7 Å². The van der Waals surface area contributed by atoms with Gasteiger partial charge in [0.15, 0.2) is 0 Å². The molecule has 3 rings (SSSR count). The first-order chi connectivity index (χ1) is 10.7. The third-order valence-electron chi connectivity index (χ3n) is 4.46. The van der Waals surface area contributed by atoms with Crippen molar-refractivity contribution >= 4 is 0 Å². The number of aryl methyl sites for hydroxylation is 1. The highest BCUT2D eigenvalue weighted by atomic mass is 16.5. The minimum absolute atomic E-state index is 0.247. The molecule has 0 spiro atoms. The van der Waals surface area contributed by atoms with Crippen molar-refractivity contribution < 1.29 is 9.84 Å². The molecule has 0 aromatic heterocycles. The lowest BCUT2D eigenvalue weighted by Gasteiger charge is -2.39. The molecular weight excluding hydrogens is 274 g/mol. The van der Waals surface area contributed by atoms with Crippen molar-refractivity contribution in [1.82, 2.24) is 5.32 Å². The molecule has 0 radical (unpaired) electrons. The van der Waals surface area contributed by atoms with Gasteiger partial charge in [-0.25, -0.2) is 0 Å². The van der Waals surface area contributed by atoms with Gasteiger partial charge in [0, 0.05) is 19.5 Å². The first kappa shape index (κ1) is 15.2. The van der Waals surface area contributed by atoms with Crippen LogP contribution in [0.15, 0.2) is 54.6 Å². The van der Waals surface area contributed by atoms with Gasteiger partial charge in [-0.05, 0) is 23.6 Å². The Morgan fingerprint density at radius 3 is 2.55 bits per heavy atom. The highest BCUT2D eigenvalue weighted by molar-refractivity contribution is 5.32. The lowest BCUT2D eigenvalue weighted by Crippen LogP contribution is -2.52. The van der Waals surface area contributed by atoms with Crippen LogP contribution in [0.3, 0.4) is 0 Å². The monoisotopic (exact) mass is 297 g/mol. The number of hydrogen-bond donors (Lipinski definition) is 2. The molecule has 0 saturated carbocycles. The molecule has 0 aliphatic carbocycles. The van der Waals surface area contributed by atoms with Crippen LogP contribution in [0.5, 0.6) is 0 Å². The summed E-state index contributed by atoms with van der Waals surface area (Å²) in [5, 5.41) is 14.8. The van der Waals surface area contributed by atoms with Gasteiger partial charge in [0.05, 0.1) is 6.61 Å². The molecule has 2 aromatic rings. The van der Waals surface area contributed by atoms with E-state index in [1.807, 2.05) is 42.5 Å². The van der Waals surface area contributed by atoms with E-state index in [-0.39, 0.29) is 6.10 Å². The summed E-state index contributed by atoms with van der Waals surface area (Å²) in [5.74, 6) is 0. The molecule has 1 saturated heterocycles. The van der Waals surface area contributed by atoms with Crippen LogP contribution in [0.25, 0.3) is 0 Å². The molecule has 0 unspecified atom stereocenters. The van der Waals surface area contributed by atoms with Gasteiger partial charge >= 0.3 is 0 Å². The summed E-state index contributed by atoms with van der Waals surface area (Å²) in [6, 6.07) is 18.1. The molecule has 1 fully saturated rings. The second-order valence-electron chi connectivity index (χ2n) is 5.96. The summed E-state index contributed by atoms with van der Waals surface area (Å²) in [6.07, 6.45) is 0.305. The van der Waals surface area contributed by atoms with E-state index >= 15 is 0 Å². The molecule has 3 nitrogen and oxygen atoms in total. The Morgan fingerprint density at radius 2 is 1.86 bits per heavy atom. The molecule has 2 aromatic carbocycles. The fourth-order valence-corrected chi connectivity index (χ4v) is 3.10. The second-order valence-corrected chi connectivity index (χ2v) is 5.96. The third-order valence-corrected chi connectivity index (χ3v) is 4.46. The minimum Gasteiger partial charge on any atom is -0.382 e. The Hall–Kier alpha value is -1.68. The third kappa shape index (κ3) is 3.07. The van der Waals surface area contributed by atoms with E-state index in [1.165, 1.54) is 5.56 Å². The van der Waals surface area contributed by atoms with Crippen LogP contribution in [-0.4, -0.2) is 30.9 Å². The van der Waals surface area contributed by atoms with Crippen LogP contribution in [-0.2, 0) is 16.8 Å². The summed E-state index contributed by atoms with van der Waals surface area (Å²) >= 11 is 0. The van der Waals surface area contributed by atoms with E-state index in [0.29, 0.717) is 19.6 Å². The van der Waals surface area contributed by atoms with Gasteiger partial charge in [0.2, 0.25) is 0 Å². The van der Waals surface area contributed by atoms with Crippen LogP contribution in [0.1, 0.15) is 16.7 Å². The minimum atomic E-state index is -1.03. The zero-order chi connectivity index (χ0) is 15.4. The maximum atomic E-state index is 11.5. The van der Waals surface area contributed by atoms with Gasteiger partial charge in [0.25, 0.3) is 0 Å². The van der Waals surface area contributed by atoms with E-state index in [2.05, 4.69) is 24.4 Å². The number of benzene rings is 2. The average molecular weight is 297 g/mol. The maximum absolute atomic E-state index is 11.5. The summed E-state index contributed by atoms with van der Waals surface area (Å²) in [6.45, 7) is 4.22. The Labute approximate surface area is 131 Å². The van der Waals surface area contributed by atoms with Crippen molar-refractivity contribution in [1.29, 1.82) is 0 Å². The normalized spacial score (nSPS) is 21.3. The topological polar surface area (TPSA) is 41.5 Å². The van der Waals surface area contributed by atoms with E-state index in [4.69, 9.17) is 4.74 Å². The number of morpholine rings is 1. The maximum Gasteiger partial charge on any atom is 0.121 e. The van der Waals surface area contributed by atoms with Gasteiger partial charge < -0.3 is 15.2 Å². The van der Waals surface area contributed by atoms with E-state index in [1.54, 1.807) is 0 Å². The lowest BCUT2D eigenvalue weighted by atomic mass is 9.81. The van der Waals surface area contributed by atoms with Crippen molar-refractivity contribution in [2.24, 2.45) is 0 Å². The number of ether oxygens (including phenoxy) is 1. The van der Waals surface area contributed by atoms with E-state index in [0.717, 1.165) is 17.7 Å². The summed E-state index contributed by atoms with van der Waals surface area (Å²) in [7, 11) is 0. The predicted octanol–water partition coefficient (Wildman–Crippen LogP) is 2.41. The van der Waals surface area contributed by atoms with Gasteiger partial charge in [-0.3, -0.25) is 0 Å². The zero-order valence-corrected chi connectivity index (χ0v) is 13.0. The van der Waals surface area contributed by atoms with Crippen LogP contribution in [0.2, 0.25) is 0 Å². The second kappa shape index (κ2) is 6.61. The summed E-state index contributed by atoms with van der Waals surface area (Å²) in [4.78, 5) is 0. The highest BCUT2D eigenvalue weighted by Gasteiger charge is 2.40. The Bertz CT molecular complexity index is 608. The fourth-order valence-electron chi connectivity index (χ4n) is 3.10. The zero-order valence-electron chi connectivity index (χ0n) is 13.0. The number of hydrogen-bond acceptors (Lipinski definition) is 3. The van der Waals surface area contributed by atoms with Crippen LogP contribution in [0.4, 0.5) is 0 Å². The summed E-state index contributed by atoms with van der Waals surface area (Å²) in [5.41, 5.74) is 2.23. The molecule has 2 atom stereocenters. The summed E-state index contributed by atoms with van der Waals surface area (Å²) < 4.78 is 5.90. The SMILES string of the molecule is Cc1ccccc1C[C@@](O)(c1ccccc1)[C@H]1CNCCO1. The number of nitrogens with one attached hydrogen (secondary N) is 1. The lowest BCUT2D eigenvalue weighted by molar-refractivity contribution is -0.124. The largest absolute Gasteiger partial charge is 0.382 e. The van der Waals surface area contributed by atoms with E-state index in [9.17, 15) is 5.11 Å². The molecule has 1 aliphatic heterocycles. The van der Waals surface area contributed by atoms with Crippen molar-refractivity contribution in [3.63, 3.8) is 0 Å². The van der Waals surface area contributed by atoms with Crippen LogP contribution < -0.4 is 5.32 Å². The van der Waals surface area contributed by atoms with Gasteiger partial charge in [-0.2, -0.15) is 0 Å². The molecule has 1 heterocycles. The Balaban J connectivity index is 1.97. The van der Waals surface area contributed by atoms with Crippen molar-refractivity contribution in [3.8, 4) is 0 Å². The first-order valence-corrected chi connectivity index (χ1v) is 7.85. The quantitative estimate of drug-likeness (QED) is 0.910. The van der Waals surface area contributed by atoms with Crippen LogP contribution >= 0.6 is 0 Å². The van der Waals surface area contributed by atoms with Crippen molar-refractivity contribution in [3.05, 3.63) is 71.3 Å². The molecule has 1 aliphatic rings. The number of aliphatic hydroxyl groups is 1. The standard InChI is InChI=1S/C19H23NO2/c1-15-7-5-6-8-16(15)13-19(21,17-9-3-2-4-10-17)18-14-20-11-12-22-18/h2-10,18,20-21H,11-14H2,1H3/t18-,19-/m1/s1. The Kier molecular flexibility index (Phi) is 4.57. The fraction of sp³-hybridized carbons (Fsp3) is 0.368. The van der Waals surface area contributed by atoms with Gasteiger partial charge in [-0.1, -0.05) is 54.6 Å². The molecular formula is C19H23NO2. The molecule has 2 N–H and O–H groups in total. The molecule has 0 amide bonds. The predicted molar refractivity (Wildman–Crippen MR) is 87.8 cm³/mol. The highest BCUT2D eigenvalue weighted by Crippen LogP contribution is 2.32. The number of rotatable bonds is 4. The molecule has 22 heavy (non-hydrogen) atoms. The first-order valence-electron chi connectivity index (χ1n) is 7.85. The Morgan fingerprint density at radius 1 is 1.14 bits per heavy atom. The molecule has 0 bridgehead atoms. The van der Waals surface area contributed by atoms with E-state index < -0.39 is 5.60 Å². The smallest absolute Gasteiger partial charge is 0.121 e. The van der Waals surface area contributed by atoms with Crippen molar-refractivity contribution in [2.45, 2.75) is 25.0 Å². The average Bonchev–Trinajstić information content (AvgIpc) is 2.58. The van der Waals surface area contributed by atoms with Crippen LogP contribution in [0, 0.1) is 6.92 Å². The molecule has 3 heteroatoms. The van der Waals surface area contributed by atoms with Gasteiger partial charge in [-0.15, -0.1) is 0 Å². The molecule has 116 valence electrons. The van der Waals surface area contributed by atoms with Crippen molar-refractivity contribution in [2.75, 3.05) is 19.7 Å².